The van der Waals surface area contributed by atoms with Crippen molar-refractivity contribution in [1.29, 1.82) is 0 Å². The van der Waals surface area contributed by atoms with E-state index in [2.05, 4.69) is 171 Å². The van der Waals surface area contributed by atoms with Crippen LogP contribution >= 0.6 is 0 Å². The molecule has 1 aliphatic rings. The summed E-state index contributed by atoms with van der Waals surface area (Å²) in [7, 11) is -2.10. The summed E-state index contributed by atoms with van der Waals surface area (Å²) in [5.74, 6) is 0.760. The van der Waals surface area contributed by atoms with Gasteiger partial charge in [-0.3, -0.25) is 0 Å². The molecule has 2 heterocycles. The van der Waals surface area contributed by atoms with Crippen LogP contribution in [0.25, 0.3) is 67.3 Å². The van der Waals surface area contributed by atoms with Crippen molar-refractivity contribution in [3.05, 3.63) is 158 Å². The van der Waals surface area contributed by atoms with Gasteiger partial charge in [-0.25, -0.2) is 9.97 Å². The molecule has 6 aromatic carbocycles. The first-order chi connectivity index (χ1) is 22.1. The highest BCUT2D eigenvalue weighted by Gasteiger charge is 2.41. The lowest BCUT2D eigenvalue weighted by molar-refractivity contribution is 1.20. The predicted octanol–water partition coefficient (Wildman–Crippen LogP) is 9.61. The summed E-state index contributed by atoms with van der Waals surface area (Å²) in [4.78, 5) is 10.8. The summed E-state index contributed by atoms with van der Waals surface area (Å²) in [5.41, 5.74) is 12.7. The lowest BCUT2D eigenvalue weighted by Gasteiger charge is -2.22. The van der Waals surface area contributed by atoms with Crippen molar-refractivity contribution in [2.45, 2.75) is 13.1 Å². The van der Waals surface area contributed by atoms with E-state index >= 15 is 0 Å². The van der Waals surface area contributed by atoms with Crippen molar-refractivity contribution >= 4 is 18.4 Å². The van der Waals surface area contributed by atoms with Crippen LogP contribution in [-0.4, -0.2) is 18.0 Å². The molecule has 3 heteroatoms. The third-order valence-electron chi connectivity index (χ3n) is 9.06. The van der Waals surface area contributed by atoms with E-state index < -0.39 is 8.07 Å². The van der Waals surface area contributed by atoms with Crippen molar-refractivity contribution in [2.24, 2.45) is 0 Å². The molecule has 8 rings (SSSR count). The molecular weight excluding hydrogens is 561 g/mol. The quantitative estimate of drug-likeness (QED) is 0.186. The maximum atomic E-state index is 5.46. The van der Waals surface area contributed by atoms with E-state index in [1.54, 1.807) is 0 Å². The Balaban J connectivity index is 1.37. The second-order valence-corrected chi connectivity index (χ2v) is 16.6. The third kappa shape index (κ3) is 4.82. The van der Waals surface area contributed by atoms with Gasteiger partial charge in [0, 0.05) is 11.1 Å². The minimum Gasteiger partial charge on any atom is -0.228 e. The average Bonchev–Trinajstić information content (AvgIpc) is 3.35. The first-order valence-electron chi connectivity index (χ1n) is 15.5. The second-order valence-electron chi connectivity index (χ2n) is 12.3. The van der Waals surface area contributed by atoms with Gasteiger partial charge in [0.2, 0.25) is 0 Å². The van der Waals surface area contributed by atoms with E-state index in [1.165, 1.54) is 49.3 Å². The van der Waals surface area contributed by atoms with Crippen LogP contribution in [0.2, 0.25) is 13.1 Å². The predicted molar refractivity (Wildman–Crippen MR) is 191 cm³/mol. The standard InChI is InChI=1S/C42H32N2Si/c1-45(2)38-21-13-12-20-37(38)40-41(45)39(43-42(44-40)33-24-22-32(23-25-33)29-14-6-3-7-15-29)36-27-34(30-16-8-4-9-17-30)26-35(28-36)31-18-10-5-11-19-31/h3-28H,1-2H3. The van der Waals surface area contributed by atoms with Crippen LogP contribution < -0.4 is 10.4 Å². The van der Waals surface area contributed by atoms with Crippen LogP contribution in [0, 0.1) is 0 Å². The molecule has 0 bridgehead atoms. The van der Waals surface area contributed by atoms with Crippen LogP contribution in [-0.2, 0) is 0 Å². The molecule has 45 heavy (non-hydrogen) atoms. The van der Waals surface area contributed by atoms with E-state index in [1.807, 2.05) is 0 Å². The lowest BCUT2D eigenvalue weighted by Crippen LogP contribution is -2.50. The van der Waals surface area contributed by atoms with Gasteiger partial charge >= 0.3 is 0 Å². The van der Waals surface area contributed by atoms with Crippen LogP contribution in [0.3, 0.4) is 0 Å². The summed E-state index contributed by atoms with van der Waals surface area (Å²) in [6, 6.07) is 56.3. The molecule has 2 nitrogen and oxygen atoms in total. The number of aromatic nitrogens is 2. The van der Waals surface area contributed by atoms with Gasteiger partial charge in [-0.1, -0.05) is 153 Å². The Morgan fingerprint density at radius 2 is 0.800 bits per heavy atom. The highest BCUT2D eigenvalue weighted by atomic mass is 28.3. The van der Waals surface area contributed by atoms with E-state index in [4.69, 9.17) is 9.97 Å². The van der Waals surface area contributed by atoms with Crippen LogP contribution in [0.4, 0.5) is 0 Å². The molecule has 1 aliphatic heterocycles. The molecule has 0 atom stereocenters. The van der Waals surface area contributed by atoms with Gasteiger partial charge in [0.05, 0.1) is 11.4 Å². The first kappa shape index (κ1) is 27.2. The minimum atomic E-state index is -2.10. The molecular formula is C42H32N2Si. The molecule has 0 spiro atoms. The number of hydrogen-bond acceptors (Lipinski definition) is 2. The largest absolute Gasteiger partial charge is 0.228 e. The molecule has 7 aromatic rings. The molecule has 0 amide bonds. The molecule has 0 fully saturated rings. The van der Waals surface area contributed by atoms with Crippen molar-refractivity contribution in [2.75, 3.05) is 0 Å². The molecule has 0 aliphatic carbocycles. The van der Waals surface area contributed by atoms with Gasteiger partial charge in [0.15, 0.2) is 5.82 Å². The highest BCUT2D eigenvalue weighted by Crippen LogP contribution is 2.37. The number of nitrogens with zero attached hydrogens (tertiary/aromatic N) is 2. The Bertz CT molecular complexity index is 2100. The van der Waals surface area contributed by atoms with E-state index in [9.17, 15) is 0 Å². The maximum absolute atomic E-state index is 5.46. The van der Waals surface area contributed by atoms with Crippen molar-refractivity contribution in [1.82, 2.24) is 9.97 Å². The van der Waals surface area contributed by atoms with Crippen molar-refractivity contribution < 1.29 is 0 Å². The number of benzene rings is 6. The van der Waals surface area contributed by atoms with Gasteiger partial charge < -0.3 is 0 Å². The Morgan fingerprint density at radius 3 is 1.38 bits per heavy atom. The van der Waals surface area contributed by atoms with Crippen LogP contribution in [0.1, 0.15) is 0 Å². The van der Waals surface area contributed by atoms with E-state index in [0.717, 1.165) is 28.3 Å². The second kappa shape index (κ2) is 11.0. The Labute approximate surface area is 265 Å². The zero-order chi connectivity index (χ0) is 30.4. The summed E-state index contributed by atoms with van der Waals surface area (Å²) >= 11 is 0. The fraction of sp³-hybridized carbons (Fsp3) is 0.0476. The van der Waals surface area contributed by atoms with Crippen LogP contribution in [0.5, 0.6) is 0 Å². The molecule has 0 N–H and O–H groups in total. The average molecular weight is 593 g/mol. The Hall–Kier alpha value is -5.38. The maximum Gasteiger partial charge on any atom is 0.160 e. The zero-order valence-electron chi connectivity index (χ0n) is 25.4. The fourth-order valence-electron chi connectivity index (χ4n) is 6.76. The SMILES string of the molecule is C[Si]1(C)c2ccccc2-c2nc(-c3ccc(-c4ccccc4)cc3)nc(-c3cc(-c4ccccc4)cc(-c4ccccc4)c3)c21. The van der Waals surface area contributed by atoms with E-state index in [-0.39, 0.29) is 0 Å². The van der Waals surface area contributed by atoms with Crippen molar-refractivity contribution in [3.63, 3.8) is 0 Å². The summed E-state index contributed by atoms with van der Waals surface area (Å²) in [6.45, 7) is 4.88. The smallest absolute Gasteiger partial charge is 0.160 e. The molecule has 0 radical (unpaired) electrons. The number of rotatable bonds is 5. The summed E-state index contributed by atoms with van der Waals surface area (Å²) < 4.78 is 0. The fourth-order valence-corrected chi connectivity index (χ4v) is 9.99. The molecule has 0 unspecified atom stereocenters. The number of hydrogen-bond donors (Lipinski definition) is 0. The minimum absolute atomic E-state index is 0.760. The number of fused-ring (bicyclic) bond motifs is 3. The normalized spacial score (nSPS) is 12.8. The monoisotopic (exact) mass is 592 g/mol. The topological polar surface area (TPSA) is 25.8 Å². The van der Waals surface area contributed by atoms with Gasteiger partial charge in [0.1, 0.15) is 8.07 Å². The van der Waals surface area contributed by atoms with Crippen LogP contribution in [0.15, 0.2) is 158 Å². The van der Waals surface area contributed by atoms with Gasteiger partial charge in [-0.15, -0.1) is 0 Å². The molecule has 214 valence electrons. The Kier molecular flexibility index (Phi) is 6.62. The summed E-state index contributed by atoms with van der Waals surface area (Å²) in [5, 5.41) is 2.74. The third-order valence-corrected chi connectivity index (χ3v) is 12.6. The molecule has 0 saturated carbocycles. The highest BCUT2D eigenvalue weighted by molar-refractivity contribution is 7.04. The summed E-state index contributed by atoms with van der Waals surface area (Å²) in [6.07, 6.45) is 0. The zero-order valence-corrected chi connectivity index (χ0v) is 26.4. The Morgan fingerprint density at radius 1 is 0.378 bits per heavy atom. The molecule has 1 aromatic heterocycles. The van der Waals surface area contributed by atoms with E-state index in [0.29, 0.717) is 0 Å². The van der Waals surface area contributed by atoms with Gasteiger partial charge in [-0.2, -0.15) is 0 Å². The first-order valence-corrected chi connectivity index (χ1v) is 18.5. The lowest BCUT2D eigenvalue weighted by atomic mass is 9.94. The van der Waals surface area contributed by atoms with Crippen molar-refractivity contribution in [3.8, 4) is 67.3 Å². The van der Waals surface area contributed by atoms with Gasteiger partial charge in [0.25, 0.3) is 0 Å². The van der Waals surface area contributed by atoms with Gasteiger partial charge in [-0.05, 0) is 67.5 Å². The molecule has 0 saturated heterocycles.